The summed E-state index contributed by atoms with van der Waals surface area (Å²) in [6, 6.07) is 8.84. The lowest BCUT2D eigenvalue weighted by molar-refractivity contribution is -0.124. The summed E-state index contributed by atoms with van der Waals surface area (Å²) in [6.07, 6.45) is 0.130. The molecule has 1 heterocycles. The number of sulfonamides is 1. The third-order valence-electron chi connectivity index (χ3n) is 4.24. The van der Waals surface area contributed by atoms with Crippen LogP contribution in [0.1, 0.15) is 11.1 Å². The highest BCUT2D eigenvalue weighted by Gasteiger charge is 2.41. The Labute approximate surface area is 144 Å². The summed E-state index contributed by atoms with van der Waals surface area (Å²) in [5.74, 6) is -2.90. The summed E-state index contributed by atoms with van der Waals surface area (Å²) >= 11 is 0. The number of hydrogen-bond donors (Lipinski definition) is 1. The fourth-order valence-electron chi connectivity index (χ4n) is 2.99. The van der Waals surface area contributed by atoms with Crippen LogP contribution in [0.4, 0.5) is 8.78 Å². The van der Waals surface area contributed by atoms with E-state index in [1.807, 2.05) is 0 Å². The lowest BCUT2D eigenvalue weighted by atomic mass is 9.95. The van der Waals surface area contributed by atoms with Crippen molar-refractivity contribution < 1.29 is 22.0 Å². The second-order valence-electron chi connectivity index (χ2n) is 5.70. The van der Waals surface area contributed by atoms with Gasteiger partial charge in [0, 0.05) is 13.6 Å². The molecule has 0 saturated carbocycles. The van der Waals surface area contributed by atoms with Gasteiger partial charge in [-0.2, -0.15) is 4.31 Å². The third-order valence-corrected chi connectivity index (χ3v) is 6.15. The number of rotatable bonds is 3. The van der Waals surface area contributed by atoms with Crippen LogP contribution in [0.3, 0.4) is 0 Å². The SMILES string of the molecule is CNC(=O)C1Cc2ccccc2CN1S(=O)(=O)c1c(F)cccc1F. The number of nitrogens with one attached hydrogen (secondary N) is 1. The van der Waals surface area contributed by atoms with Gasteiger partial charge < -0.3 is 5.32 Å². The van der Waals surface area contributed by atoms with Crippen molar-refractivity contribution in [3.8, 4) is 0 Å². The molecule has 5 nitrogen and oxygen atoms in total. The summed E-state index contributed by atoms with van der Waals surface area (Å²) in [5.41, 5.74) is 1.53. The van der Waals surface area contributed by atoms with Gasteiger partial charge in [0.2, 0.25) is 15.9 Å². The lowest BCUT2D eigenvalue weighted by Crippen LogP contribution is -2.52. The Balaban J connectivity index is 2.14. The van der Waals surface area contributed by atoms with Crippen molar-refractivity contribution in [2.24, 2.45) is 0 Å². The van der Waals surface area contributed by atoms with Crippen LogP contribution in [0.25, 0.3) is 0 Å². The van der Waals surface area contributed by atoms with E-state index < -0.39 is 38.5 Å². The zero-order valence-electron chi connectivity index (χ0n) is 13.4. The van der Waals surface area contributed by atoms with Gasteiger partial charge in [-0.1, -0.05) is 30.3 Å². The van der Waals surface area contributed by atoms with E-state index in [4.69, 9.17) is 0 Å². The van der Waals surface area contributed by atoms with E-state index in [0.29, 0.717) is 5.56 Å². The monoisotopic (exact) mass is 366 g/mol. The zero-order chi connectivity index (χ0) is 18.2. The maximum absolute atomic E-state index is 14.1. The van der Waals surface area contributed by atoms with E-state index in [-0.39, 0.29) is 13.0 Å². The molecular weight excluding hydrogens is 350 g/mol. The first-order chi connectivity index (χ1) is 11.9. The van der Waals surface area contributed by atoms with Gasteiger partial charge in [0.1, 0.15) is 17.7 Å². The minimum Gasteiger partial charge on any atom is -0.358 e. The Morgan fingerprint density at radius 2 is 1.68 bits per heavy atom. The molecule has 0 radical (unpaired) electrons. The Bertz CT molecular complexity index is 911. The predicted molar refractivity (Wildman–Crippen MR) is 87.1 cm³/mol. The van der Waals surface area contributed by atoms with E-state index in [0.717, 1.165) is 28.1 Å². The smallest absolute Gasteiger partial charge is 0.249 e. The molecule has 8 heteroatoms. The Morgan fingerprint density at radius 3 is 2.28 bits per heavy atom. The molecular formula is C17H16F2N2O3S. The molecule has 1 atom stereocenters. The average Bonchev–Trinajstić information content (AvgIpc) is 2.59. The van der Waals surface area contributed by atoms with Gasteiger partial charge in [-0.3, -0.25) is 4.79 Å². The quantitative estimate of drug-likeness (QED) is 0.901. The van der Waals surface area contributed by atoms with Gasteiger partial charge in [0.25, 0.3) is 0 Å². The number of benzene rings is 2. The molecule has 1 N–H and O–H groups in total. The van der Waals surface area contributed by atoms with Crippen molar-refractivity contribution in [3.63, 3.8) is 0 Å². The highest BCUT2D eigenvalue weighted by molar-refractivity contribution is 7.89. The lowest BCUT2D eigenvalue weighted by Gasteiger charge is -2.34. The molecule has 0 saturated heterocycles. The van der Waals surface area contributed by atoms with Crippen LogP contribution >= 0.6 is 0 Å². The fraction of sp³-hybridized carbons (Fsp3) is 0.235. The van der Waals surface area contributed by atoms with E-state index in [9.17, 15) is 22.0 Å². The second-order valence-corrected chi connectivity index (χ2v) is 7.53. The summed E-state index contributed by atoms with van der Waals surface area (Å²) in [7, 11) is -3.16. The normalized spacial score (nSPS) is 17.8. The number of halogens is 2. The number of likely N-dealkylation sites (N-methyl/N-ethyl adjacent to an activating group) is 1. The Morgan fingerprint density at radius 1 is 1.08 bits per heavy atom. The summed E-state index contributed by atoms with van der Waals surface area (Å²) in [6.45, 7) is -0.135. The van der Waals surface area contributed by atoms with Crippen molar-refractivity contribution in [3.05, 3.63) is 65.2 Å². The molecule has 0 spiro atoms. The molecule has 132 valence electrons. The van der Waals surface area contributed by atoms with Crippen molar-refractivity contribution in [2.75, 3.05) is 7.05 Å². The Hall–Kier alpha value is -2.32. The van der Waals surface area contributed by atoms with Crippen LogP contribution in [-0.4, -0.2) is 31.7 Å². The maximum Gasteiger partial charge on any atom is 0.249 e. The molecule has 1 amide bonds. The first kappa shape index (κ1) is 17.5. The maximum atomic E-state index is 14.1. The molecule has 1 aliphatic rings. The van der Waals surface area contributed by atoms with E-state index in [2.05, 4.69) is 5.32 Å². The van der Waals surface area contributed by atoms with Gasteiger partial charge >= 0.3 is 0 Å². The number of carbonyl (C=O) groups excluding carboxylic acids is 1. The number of amides is 1. The van der Waals surface area contributed by atoms with E-state index >= 15 is 0 Å². The van der Waals surface area contributed by atoms with Crippen molar-refractivity contribution in [1.29, 1.82) is 0 Å². The molecule has 25 heavy (non-hydrogen) atoms. The topological polar surface area (TPSA) is 66.5 Å². The van der Waals surface area contributed by atoms with Gasteiger partial charge in [0.05, 0.1) is 0 Å². The minimum absolute atomic E-state index is 0.130. The van der Waals surface area contributed by atoms with Crippen molar-refractivity contribution >= 4 is 15.9 Å². The number of fused-ring (bicyclic) bond motifs is 1. The van der Waals surface area contributed by atoms with E-state index in [1.165, 1.54) is 7.05 Å². The average molecular weight is 366 g/mol. The van der Waals surface area contributed by atoms with Gasteiger partial charge in [0.15, 0.2) is 4.90 Å². The number of nitrogens with zero attached hydrogens (tertiary/aromatic N) is 1. The number of carbonyl (C=O) groups is 1. The van der Waals surface area contributed by atoms with Crippen molar-refractivity contribution in [1.82, 2.24) is 9.62 Å². The van der Waals surface area contributed by atoms with E-state index in [1.54, 1.807) is 24.3 Å². The third kappa shape index (κ3) is 3.03. The van der Waals surface area contributed by atoms with Crippen LogP contribution in [0.2, 0.25) is 0 Å². The number of hydrogen-bond acceptors (Lipinski definition) is 3. The van der Waals surface area contributed by atoms with Gasteiger partial charge in [-0.25, -0.2) is 17.2 Å². The largest absolute Gasteiger partial charge is 0.358 e. The van der Waals surface area contributed by atoms with Crippen LogP contribution in [0, 0.1) is 11.6 Å². The highest BCUT2D eigenvalue weighted by Crippen LogP contribution is 2.31. The van der Waals surface area contributed by atoms with Gasteiger partial charge in [-0.05, 0) is 29.7 Å². The molecule has 0 fully saturated rings. The molecule has 0 bridgehead atoms. The molecule has 2 aromatic rings. The molecule has 1 unspecified atom stereocenters. The summed E-state index contributed by atoms with van der Waals surface area (Å²) < 4.78 is 54.8. The first-order valence-electron chi connectivity index (χ1n) is 7.60. The molecule has 0 aromatic heterocycles. The minimum atomic E-state index is -4.55. The second kappa shape index (κ2) is 6.53. The molecule has 2 aromatic carbocycles. The highest BCUT2D eigenvalue weighted by atomic mass is 32.2. The van der Waals surface area contributed by atoms with Crippen LogP contribution in [0.5, 0.6) is 0 Å². The molecule has 1 aliphatic heterocycles. The van der Waals surface area contributed by atoms with Crippen molar-refractivity contribution in [2.45, 2.75) is 23.9 Å². The predicted octanol–water partition coefficient (Wildman–Crippen LogP) is 1.83. The standard InChI is InChI=1S/C17H16F2N2O3S/c1-20-17(22)15-9-11-5-2-3-6-12(11)10-21(15)25(23,24)16-13(18)7-4-8-14(16)19/h2-8,15H,9-10H2,1H3,(H,20,22). The molecule has 3 rings (SSSR count). The van der Waals surface area contributed by atoms with Crippen LogP contribution in [0.15, 0.2) is 47.4 Å². The Kier molecular flexibility index (Phi) is 4.57. The van der Waals surface area contributed by atoms with Gasteiger partial charge in [-0.15, -0.1) is 0 Å². The van der Waals surface area contributed by atoms with Crippen LogP contribution in [-0.2, 0) is 27.8 Å². The van der Waals surface area contributed by atoms with Crippen LogP contribution < -0.4 is 5.32 Å². The zero-order valence-corrected chi connectivity index (χ0v) is 14.2. The summed E-state index contributed by atoms with van der Waals surface area (Å²) in [5, 5.41) is 2.42. The summed E-state index contributed by atoms with van der Waals surface area (Å²) in [4.78, 5) is 11.2. The first-order valence-corrected chi connectivity index (χ1v) is 9.04. The molecule has 0 aliphatic carbocycles. The fourth-order valence-corrected chi connectivity index (χ4v) is 4.67.